The Kier molecular flexibility index (Phi) is 18.5. The van der Waals surface area contributed by atoms with E-state index in [2.05, 4.69) is 30.9 Å². The average molecular weight is 616 g/mol. The van der Waals surface area contributed by atoms with Crippen LogP contribution in [0.25, 0.3) is 0 Å². The van der Waals surface area contributed by atoms with E-state index in [1.165, 1.54) is 0 Å². The summed E-state index contributed by atoms with van der Waals surface area (Å²) in [5, 5.41) is 25.8. The Labute approximate surface area is 248 Å². The van der Waals surface area contributed by atoms with Gasteiger partial charge in [-0.2, -0.15) is 0 Å². The van der Waals surface area contributed by atoms with Crippen molar-refractivity contribution < 1.29 is 34.2 Å². The molecule has 43 heavy (non-hydrogen) atoms. The number of nitrogens with zero attached hydrogens (tertiary/aromatic N) is 3. The summed E-state index contributed by atoms with van der Waals surface area (Å²) in [4.78, 5) is 73.1. The Bertz CT molecular complexity index is 1020. The molecule has 244 valence electrons. The minimum atomic E-state index is -1.32. The number of hydrogen-bond acceptors (Lipinski definition) is 9. The molecule has 0 aliphatic carbocycles. The normalized spacial score (nSPS) is 13.2. The molecular formula is C23H45N13O7. The molecule has 0 aliphatic rings. The zero-order chi connectivity index (χ0) is 32.9. The smallest absolute Gasteiger partial charge is 0.326 e. The predicted molar refractivity (Wildman–Crippen MR) is 158 cm³/mol. The first-order valence-electron chi connectivity index (χ1n) is 13.4. The van der Waals surface area contributed by atoms with Crippen LogP contribution in [-0.2, 0) is 24.0 Å². The molecular weight excluding hydrogens is 570 g/mol. The van der Waals surface area contributed by atoms with Gasteiger partial charge < -0.3 is 66.3 Å². The summed E-state index contributed by atoms with van der Waals surface area (Å²) in [6.45, 7) is 0.367. The second-order valence-corrected chi connectivity index (χ2v) is 9.41. The zero-order valence-electron chi connectivity index (χ0n) is 23.9. The Hall–Kier alpha value is -4.88. The van der Waals surface area contributed by atoms with Gasteiger partial charge in [-0.15, -0.1) is 0 Å². The quantitative estimate of drug-likeness (QED) is 0.0308. The van der Waals surface area contributed by atoms with Gasteiger partial charge in [0.25, 0.3) is 0 Å². The Balaban J connectivity index is 5.80. The molecule has 4 atom stereocenters. The highest BCUT2D eigenvalue weighted by Gasteiger charge is 2.30. The second kappa shape index (κ2) is 20.9. The lowest BCUT2D eigenvalue weighted by atomic mass is 10.1. The Morgan fingerprint density at radius 3 is 1.26 bits per heavy atom. The number of guanidine groups is 3. The summed E-state index contributed by atoms with van der Waals surface area (Å²) >= 11 is 0. The van der Waals surface area contributed by atoms with Gasteiger partial charge in [-0.3, -0.25) is 34.2 Å². The van der Waals surface area contributed by atoms with E-state index in [0.717, 1.165) is 0 Å². The van der Waals surface area contributed by atoms with Crippen molar-refractivity contribution in [3.8, 4) is 0 Å². The molecule has 0 aromatic heterocycles. The fourth-order valence-corrected chi connectivity index (χ4v) is 3.54. The standard InChI is InChI=1S/C23H45N13O7/c24-12(7-8-16(37)38)17(39)34-13(4-1-9-31-21(25)26)18(40)35-14(5-2-10-32-22(27)28)19(41)36-15(20(42)43)6-3-11-33-23(29)30/h12-15H,1-11,24H2,(H,34,39)(H,35,40)(H,36,41)(H,37,38)(H,42,43)(H4,25,26,31)(H4,27,28,32)(H4,29,30,33). The van der Waals surface area contributed by atoms with Crippen molar-refractivity contribution in [3.05, 3.63) is 0 Å². The Morgan fingerprint density at radius 1 is 0.558 bits per heavy atom. The van der Waals surface area contributed by atoms with E-state index < -0.39 is 53.8 Å². The van der Waals surface area contributed by atoms with E-state index in [-0.39, 0.29) is 88.9 Å². The van der Waals surface area contributed by atoms with Gasteiger partial charge in [0.15, 0.2) is 17.9 Å². The van der Waals surface area contributed by atoms with E-state index >= 15 is 0 Å². The molecule has 20 heteroatoms. The van der Waals surface area contributed by atoms with Gasteiger partial charge in [0, 0.05) is 26.1 Å². The lowest BCUT2D eigenvalue weighted by Crippen LogP contribution is -2.57. The number of amides is 3. The van der Waals surface area contributed by atoms with E-state index in [4.69, 9.17) is 45.2 Å². The van der Waals surface area contributed by atoms with Crippen LogP contribution < -0.4 is 56.1 Å². The molecule has 20 nitrogen and oxygen atoms in total. The van der Waals surface area contributed by atoms with Crippen LogP contribution in [0.1, 0.15) is 51.4 Å². The first-order chi connectivity index (χ1) is 20.1. The van der Waals surface area contributed by atoms with Crippen molar-refractivity contribution in [2.45, 2.75) is 75.5 Å². The highest BCUT2D eigenvalue weighted by Crippen LogP contribution is 2.07. The molecule has 0 aromatic rings. The molecule has 0 spiro atoms. The number of aliphatic carboxylic acids is 2. The molecule has 3 amide bonds. The van der Waals surface area contributed by atoms with E-state index in [1.807, 2.05) is 0 Å². The molecule has 0 aliphatic heterocycles. The highest BCUT2D eigenvalue weighted by molar-refractivity contribution is 5.94. The number of carbonyl (C=O) groups is 5. The fraction of sp³-hybridized carbons (Fsp3) is 0.652. The third-order valence-electron chi connectivity index (χ3n) is 5.72. The lowest BCUT2D eigenvalue weighted by molar-refractivity contribution is -0.142. The summed E-state index contributed by atoms with van der Waals surface area (Å²) in [5.74, 6) is -5.37. The number of carbonyl (C=O) groups excluding carboxylic acids is 3. The minimum Gasteiger partial charge on any atom is -0.481 e. The van der Waals surface area contributed by atoms with Crippen LogP contribution in [0.5, 0.6) is 0 Å². The minimum absolute atomic E-state index is 0.00147. The van der Waals surface area contributed by atoms with Crippen molar-refractivity contribution >= 4 is 47.5 Å². The summed E-state index contributed by atoms with van der Waals surface area (Å²) < 4.78 is 0. The fourth-order valence-electron chi connectivity index (χ4n) is 3.54. The lowest BCUT2D eigenvalue weighted by Gasteiger charge is -2.25. The van der Waals surface area contributed by atoms with Crippen LogP contribution >= 0.6 is 0 Å². The number of nitrogens with one attached hydrogen (secondary N) is 3. The van der Waals surface area contributed by atoms with Crippen molar-refractivity contribution in [1.29, 1.82) is 0 Å². The van der Waals surface area contributed by atoms with Crippen molar-refractivity contribution in [2.24, 2.45) is 55.1 Å². The van der Waals surface area contributed by atoms with Crippen LogP contribution in [-0.4, -0.2) is 102 Å². The summed E-state index contributed by atoms with van der Waals surface area (Å²) in [6.07, 6.45) is 0.155. The molecule has 0 aromatic carbocycles. The molecule has 0 rings (SSSR count). The molecule has 19 N–H and O–H groups in total. The number of hydrogen-bond donors (Lipinski definition) is 12. The summed E-state index contributed by atoms with van der Waals surface area (Å²) in [7, 11) is 0. The van der Waals surface area contributed by atoms with Gasteiger partial charge >= 0.3 is 11.9 Å². The molecule has 0 heterocycles. The van der Waals surface area contributed by atoms with Crippen LogP contribution in [0, 0.1) is 0 Å². The molecule has 4 unspecified atom stereocenters. The zero-order valence-corrected chi connectivity index (χ0v) is 23.9. The molecule has 0 bridgehead atoms. The van der Waals surface area contributed by atoms with Gasteiger partial charge in [0.1, 0.15) is 18.1 Å². The number of carboxylic acids is 2. The topological polar surface area (TPSA) is 381 Å². The van der Waals surface area contributed by atoms with Crippen molar-refractivity contribution in [2.75, 3.05) is 19.6 Å². The van der Waals surface area contributed by atoms with Crippen LogP contribution in [0.2, 0.25) is 0 Å². The number of aliphatic imine (C=N–C) groups is 3. The predicted octanol–water partition coefficient (Wildman–Crippen LogP) is -5.12. The maximum Gasteiger partial charge on any atom is 0.326 e. The van der Waals surface area contributed by atoms with E-state index in [9.17, 15) is 29.1 Å². The number of nitrogens with two attached hydrogens (primary N) is 7. The van der Waals surface area contributed by atoms with Gasteiger partial charge in [0.2, 0.25) is 17.7 Å². The second-order valence-electron chi connectivity index (χ2n) is 9.41. The van der Waals surface area contributed by atoms with Crippen LogP contribution in [0.3, 0.4) is 0 Å². The van der Waals surface area contributed by atoms with Crippen LogP contribution in [0.15, 0.2) is 15.0 Å². The van der Waals surface area contributed by atoms with Crippen molar-refractivity contribution in [1.82, 2.24) is 16.0 Å². The van der Waals surface area contributed by atoms with Crippen molar-refractivity contribution in [3.63, 3.8) is 0 Å². The maximum absolute atomic E-state index is 13.3. The Morgan fingerprint density at radius 2 is 0.907 bits per heavy atom. The molecule has 0 saturated carbocycles. The molecule has 0 radical (unpaired) electrons. The van der Waals surface area contributed by atoms with Gasteiger partial charge in [-0.1, -0.05) is 0 Å². The SMILES string of the molecule is NC(N)=NCCCC(NC(=O)C(CCCN=C(N)N)NC(=O)C(CCCN=C(N)N)NC(=O)C(N)CCC(=O)O)C(=O)O. The largest absolute Gasteiger partial charge is 0.481 e. The molecule has 0 fully saturated rings. The molecule has 0 saturated heterocycles. The van der Waals surface area contributed by atoms with E-state index in [0.29, 0.717) is 0 Å². The third kappa shape index (κ3) is 19.0. The summed E-state index contributed by atoms with van der Waals surface area (Å²) in [5.41, 5.74) is 37.6. The average Bonchev–Trinajstić information content (AvgIpc) is 2.91. The van der Waals surface area contributed by atoms with Gasteiger partial charge in [0.05, 0.1) is 6.04 Å². The van der Waals surface area contributed by atoms with Crippen LogP contribution in [0.4, 0.5) is 0 Å². The first kappa shape index (κ1) is 38.1. The monoisotopic (exact) mass is 615 g/mol. The number of carboxylic acid groups (broad SMARTS) is 2. The first-order valence-corrected chi connectivity index (χ1v) is 13.4. The van der Waals surface area contributed by atoms with E-state index in [1.54, 1.807) is 0 Å². The highest BCUT2D eigenvalue weighted by atomic mass is 16.4. The number of rotatable bonds is 22. The maximum atomic E-state index is 13.3. The van der Waals surface area contributed by atoms with Gasteiger partial charge in [-0.25, -0.2) is 4.79 Å². The summed E-state index contributed by atoms with van der Waals surface area (Å²) in [6, 6.07) is -5.02. The third-order valence-corrected chi connectivity index (χ3v) is 5.72. The van der Waals surface area contributed by atoms with Gasteiger partial charge in [-0.05, 0) is 44.9 Å².